The monoisotopic (exact) mass is 280 g/mol. The van der Waals surface area contributed by atoms with Crippen molar-refractivity contribution in [3.63, 3.8) is 0 Å². The van der Waals surface area contributed by atoms with Gasteiger partial charge in [-0.2, -0.15) is 0 Å². The standard InChI is InChI=1S/C11H22O6.C2H6/c1-8(4-13-2)10-11(15-6-12)9(5-14-3)16-7-17-10;1-2/h8-12H,4-7H2,1-3H3;1-2H3. The minimum absolute atomic E-state index is 0.153. The summed E-state index contributed by atoms with van der Waals surface area (Å²) in [7, 11) is 3.24. The average Bonchev–Trinajstić information content (AvgIpc) is 2.43. The number of aliphatic hydroxyl groups excluding tert-OH is 1. The maximum atomic E-state index is 8.93. The predicted octanol–water partition coefficient (Wildman–Crippen LogP) is 1.02. The molecule has 6 nitrogen and oxygen atoms in total. The van der Waals surface area contributed by atoms with Crippen molar-refractivity contribution in [1.82, 2.24) is 0 Å². The maximum absolute atomic E-state index is 8.93. The molecular weight excluding hydrogens is 252 g/mol. The van der Waals surface area contributed by atoms with E-state index < -0.39 is 0 Å². The van der Waals surface area contributed by atoms with Crippen LogP contribution in [-0.2, 0) is 23.7 Å². The highest BCUT2D eigenvalue weighted by Gasteiger charge is 2.39. The Morgan fingerprint density at radius 3 is 2.42 bits per heavy atom. The van der Waals surface area contributed by atoms with Crippen molar-refractivity contribution in [2.45, 2.75) is 39.1 Å². The van der Waals surface area contributed by atoms with E-state index in [0.717, 1.165) is 0 Å². The van der Waals surface area contributed by atoms with Crippen molar-refractivity contribution in [1.29, 1.82) is 0 Å². The number of rotatable bonds is 7. The van der Waals surface area contributed by atoms with E-state index in [-0.39, 0.29) is 37.8 Å². The molecule has 6 heteroatoms. The molecule has 1 saturated heterocycles. The van der Waals surface area contributed by atoms with Gasteiger partial charge in [0.1, 0.15) is 25.8 Å². The summed E-state index contributed by atoms with van der Waals surface area (Å²) in [6.45, 7) is 6.82. The lowest BCUT2D eigenvalue weighted by atomic mass is 9.96. The Morgan fingerprint density at radius 2 is 1.89 bits per heavy atom. The predicted molar refractivity (Wildman–Crippen MR) is 70.8 cm³/mol. The summed E-state index contributed by atoms with van der Waals surface area (Å²) in [5, 5.41) is 8.93. The van der Waals surface area contributed by atoms with E-state index in [2.05, 4.69) is 0 Å². The van der Waals surface area contributed by atoms with Crippen molar-refractivity contribution in [2.24, 2.45) is 5.92 Å². The molecule has 0 aliphatic carbocycles. The van der Waals surface area contributed by atoms with Gasteiger partial charge in [-0.05, 0) is 0 Å². The fourth-order valence-electron chi connectivity index (χ4n) is 2.05. The van der Waals surface area contributed by atoms with E-state index in [0.29, 0.717) is 13.2 Å². The highest BCUT2D eigenvalue weighted by Crippen LogP contribution is 2.24. The van der Waals surface area contributed by atoms with Crippen molar-refractivity contribution >= 4 is 0 Å². The lowest BCUT2D eigenvalue weighted by Crippen LogP contribution is -2.53. The quantitative estimate of drug-likeness (QED) is 0.702. The third-order valence-electron chi connectivity index (χ3n) is 2.82. The molecule has 4 atom stereocenters. The Balaban J connectivity index is 0.00000154. The zero-order valence-electron chi connectivity index (χ0n) is 12.6. The molecular formula is C13H28O6. The van der Waals surface area contributed by atoms with E-state index in [4.69, 9.17) is 28.8 Å². The van der Waals surface area contributed by atoms with Gasteiger partial charge in [-0.3, -0.25) is 0 Å². The summed E-state index contributed by atoms with van der Waals surface area (Å²) in [6, 6.07) is 0. The Hall–Kier alpha value is -0.240. The number of methoxy groups -OCH3 is 2. The molecule has 19 heavy (non-hydrogen) atoms. The molecule has 0 saturated carbocycles. The Labute approximate surface area is 115 Å². The topological polar surface area (TPSA) is 66.4 Å². The van der Waals surface area contributed by atoms with Gasteiger partial charge in [0.25, 0.3) is 0 Å². The second kappa shape index (κ2) is 11.6. The molecule has 4 unspecified atom stereocenters. The molecule has 0 aromatic heterocycles. The first-order chi connectivity index (χ1) is 9.24. The lowest BCUT2D eigenvalue weighted by molar-refractivity contribution is -0.274. The van der Waals surface area contributed by atoms with Crippen molar-refractivity contribution in [2.75, 3.05) is 41.0 Å². The molecule has 0 radical (unpaired) electrons. The maximum Gasteiger partial charge on any atom is 0.147 e. The van der Waals surface area contributed by atoms with Crippen molar-refractivity contribution in [3.8, 4) is 0 Å². The minimum Gasteiger partial charge on any atom is -0.384 e. The minimum atomic E-state index is -0.367. The SMILES string of the molecule is CC.COCC(C)C1OCOC(COC)C1OCO. The molecule has 0 aromatic carbocycles. The number of hydrogen-bond donors (Lipinski definition) is 1. The van der Waals surface area contributed by atoms with Gasteiger partial charge >= 0.3 is 0 Å². The largest absolute Gasteiger partial charge is 0.384 e. The molecule has 0 bridgehead atoms. The van der Waals surface area contributed by atoms with Crippen LogP contribution in [0.2, 0.25) is 0 Å². The first-order valence-corrected chi connectivity index (χ1v) is 6.68. The molecule has 0 spiro atoms. The van der Waals surface area contributed by atoms with Gasteiger partial charge in [0.2, 0.25) is 0 Å². The smallest absolute Gasteiger partial charge is 0.147 e. The molecule has 1 rings (SSSR count). The lowest BCUT2D eigenvalue weighted by Gasteiger charge is -2.39. The van der Waals surface area contributed by atoms with Crippen LogP contribution in [0.25, 0.3) is 0 Å². The van der Waals surface area contributed by atoms with Crippen molar-refractivity contribution in [3.05, 3.63) is 0 Å². The Morgan fingerprint density at radius 1 is 1.21 bits per heavy atom. The van der Waals surface area contributed by atoms with E-state index >= 15 is 0 Å². The zero-order valence-corrected chi connectivity index (χ0v) is 12.6. The van der Waals surface area contributed by atoms with Crippen LogP contribution in [0.4, 0.5) is 0 Å². The molecule has 1 heterocycles. The van der Waals surface area contributed by atoms with Crippen LogP contribution in [0, 0.1) is 5.92 Å². The normalized spacial score (nSPS) is 28.4. The molecule has 1 aliphatic rings. The van der Waals surface area contributed by atoms with Gasteiger partial charge in [-0.15, -0.1) is 0 Å². The number of aliphatic hydroxyl groups is 1. The molecule has 0 aromatic rings. The Bertz CT molecular complexity index is 200. The van der Waals surface area contributed by atoms with Crippen LogP contribution in [0.3, 0.4) is 0 Å². The van der Waals surface area contributed by atoms with E-state index in [1.165, 1.54) is 0 Å². The zero-order chi connectivity index (χ0) is 14.7. The van der Waals surface area contributed by atoms with Crippen molar-refractivity contribution < 1.29 is 28.8 Å². The molecule has 1 fully saturated rings. The number of hydrogen-bond acceptors (Lipinski definition) is 6. The van der Waals surface area contributed by atoms with E-state index in [1.54, 1.807) is 14.2 Å². The second-order valence-electron chi connectivity index (χ2n) is 4.10. The molecule has 1 aliphatic heterocycles. The van der Waals surface area contributed by atoms with Crippen LogP contribution < -0.4 is 0 Å². The highest BCUT2D eigenvalue weighted by atomic mass is 16.7. The fraction of sp³-hybridized carbons (Fsp3) is 1.00. The van der Waals surface area contributed by atoms with Gasteiger partial charge in [-0.25, -0.2) is 0 Å². The fourth-order valence-corrected chi connectivity index (χ4v) is 2.05. The summed E-state index contributed by atoms with van der Waals surface area (Å²) < 4.78 is 26.4. The summed E-state index contributed by atoms with van der Waals surface area (Å²) in [4.78, 5) is 0. The van der Waals surface area contributed by atoms with E-state index in [9.17, 15) is 0 Å². The van der Waals surface area contributed by atoms with Gasteiger partial charge in [-0.1, -0.05) is 20.8 Å². The highest BCUT2D eigenvalue weighted by molar-refractivity contribution is 4.85. The summed E-state index contributed by atoms with van der Waals surface area (Å²) >= 11 is 0. The van der Waals surface area contributed by atoms with Crippen LogP contribution in [-0.4, -0.2) is 64.4 Å². The Kier molecular flexibility index (Phi) is 11.4. The second-order valence-corrected chi connectivity index (χ2v) is 4.10. The summed E-state index contributed by atoms with van der Waals surface area (Å²) in [6.07, 6.45) is -0.750. The first-order valence-electron chi connectivity index (χ1n) is 6.68. The first kappa shape index (κ1) is 18.8. The molecule has 0 amide bonds. The van der Waals surface area contributed by atoms with Gasteiger partial charge < -0.3 is 28.8 Å². The van der Waals surface area contributed by atoms with Gasteiger partial charge in [0.15, 0.2) is 0 Å². The van der Waals surface area contributed by atoms with Gasteiger partial charge in [0, 0.05) is 20.1 Å². The van der Waals surface area contributed by atoms with Crippen LogP contribution in [0.5, 0.6) is 0 Å². The number of ether oxygens (including phenoxy) is 5. The molecule has 116 valence electrons. The van der Waals surface area contributed by atoms with E-state index in [1.807, 2.05) is 20.8 Å². The van der Waals surface area contributed by atoms with Crippen LogP contribution in [0.1, 0.15) is 20.8 Å². The van der Waals surface area contributed by atoms with Gasteiger partial charge in [0.05, 0.1) is 19.3 Å². The third kappa shape index (κ3) is 6.16. The summed E-state index contributed by atoms with van der Waals surface area (Å²) in [5.41, 5.74) is 0. The summed E-state index contributed by atoms with van der Waals surface area (Å²) in [5.74, 6) is 0.153. The van der Waals surface area contributed by atoms with Crippen LogP contribution >= 0.6 is 0 Å². The average molecular weight is 280 g/mol. The molecule has 1 N–H and O–H groups in total. The van der Waals surface area contributed by atoms with Crippen LogP contribution in [0.15, 0.2) is 0 Å². The third-order valence-corrected chi connectivity index (χ3v) is 2.82.